The molecular weight excluding hydrogens is 249 g/mol. The van der Waals surface area contributed by atoms with E-state index in [2.05, 4.69) is 4.42 Å². The van der Waals surface area contributed by atoms with Gasteiger partial charge in [0.2, 0.25) is 0 Å². The molecule has 2 rings (SSSR count). The molecule has 0 radical (unpaired) electrons. The number of rotatable bonds is 1. The number of H-pyrrole nitrogens is 1. The lowest BCUT2D eigenvalue weighted by atomic mass is 10.3. The van der Waals surface area contributed by atoms with Crippen molar-refractivity contribution in [1.82, 2.24) is 4.98 Å². The van der Waals surface area contributed by atoms with Crippen LogP contribution < -0.4 is 5.76 Å². The van der Waals surface area contributed by atoms with Gasteiger partial charge in [0.25, 0.3) is 9.05 Å². The van der Waals surface area contributed by atoms with Crippen LogP contribution in [0.2, 0.25) is 0 Å². The molecule has 5 nitrogen and oxygen atoms in total. The summed E-state index contributed by atoms with van der Waals surface area (Å²) < 4.78 is 39.6. The van der Waals surface area contributed by atoms with E-state index < -0.39 is 31.1 Å². The second-order valence-corrected chi connectivity index (χ2v) is 5.24. The van der Waals surface area contributed by atoms with Crippen LogP contribution in [0.25, 0.3) is 11.1 Å². The summed E-state index contributed by atoms with van der Waals surface area (Å²) in [6, 6.07) is 1.81. The standard InChI is InChI=1S/C7H3ClFNO4S/c8-15(12,13)4-2-1-3(9)6-5(4)10-7(11)14-6/h1-2H,(H,10,11). The minimum Gasteiger partial charge on any atom is -0.405 e. The minimum absolute atomic E-state index is 0.269. The summed E-state index contributed by atoms with van der Waals surface area (Å²) in [4.78, 5) is 12.4. The summed E-state index contributed by atoms with van der Waals surface area (Å²) in [6.07, 6.45) is 0. The van der Waals surface area contributed by atoms with Gasteiger partial charge in [-0.2, -0.15) is 0 Å². The average Bonchev–Trinajstić information content (AvgIpc) is 2.45. The highest BCUT2D eigenvalue weighted by Gasteiger charge is 2.19. The molecule has 0 saturated heterocycles. The molecule has 1 aromatic heterocycles. The Kier molecular flexibility index (Phi) is 2.09. The van der Waals surface area contributed by atoms with Gasteiger partial charge in [-0.25, -0.2) is 17.6 Å². The van der Waals surface area contributed by atoms with Crippen LogP contribution in [-0.2, 0) is 9.05 Å². The number of oxazole rings is 1. The van der Waals surface area contributed by atoms with Crippen LogP contribution in [0, 0.1) is 5.82 Å². The largest absolute Gasteiger partial charge is 0.417 e. The predicted molar refractivity (Wildman–Crippen MR) is 49.8 cm³/mol. The summed E-state index contributed by atoms with van der Waals surface area (Å²) in [5.41, 5.74) is -0.725. The number of aromatic amines is 1. The summed E-state index contributed by atoms with van der Waals surface area (Å²) in [6.45, 7) is 0. The maximum Gasteiger partial charge on any atom is 0.417 e. The van der Waals surface area contributed by atoms with Crippen molar-refractivity contribution >= 4 is 30.8 Å². The van der Waals surface area contributed by atoms with Crippen molar-refractivity contribution in [2.45, 2.75) is 4.90 Å². The van der Waals surface area contributed by atoms with Gasteiger partial charge in [-0.3, -0.25) is 4.98 Å². The molecule has 0 saturated carbocycles. The highest BCUT2D eigenvalue weighted by atomic mass is 35.7. The smallest absolute Gasteiger partial charge is 0.405 e. The molecule has 0 fully saturated rings. The van der Waals surface area contributed by atoms with Gasteiger partial charge in [-0.1, -0.05) is 0 Å². The third-order valence-corrected chi connectivity index (χ3v) is 3.12. The molecule has 1 heterocycles. The van der Waals surface area contributed by atoms with Crippen molar-refractivity contribution in [1.29, 1.82) is 0 Å². The fourth-order valence-electron chi connectivity index (χ4n) is 1.18. The molecule has 0 spiro atoms. The zero-order valence-corrected chi connectivity index (χ0v) is 8.52. The molecule has 8 heteroatoms. The van der Waals surface area contributed by atoms with Crippen molar-refractivity contribution in [2.75, 3.05) is 0 Å². The zero-order chi connectivity index (χ0) is 11.2. The first-order chi connectivity index (χ1) is 6.89. The molecule has 0 bridgehead atoms. The Morgan fingerprint density at radius 3 is 2.67 bits per heavy atom. The first-order valence-electron chi connectivity index (χ1n) is 3.65. The number of aromatic nitrogens is 1. The number of benzene rings is 1. The van der Waals surface area contributed by atoms with Gasteiger partial charge in [-0.15, -0.1) is 0 Å². The monoisotopic (exact) mass is 251 g/mol. The van der Waals surface area contributed by atoms with E-state index >= 15 is 0 Å². The van der Waals surface area contributed by atoms with Crippen LogP contribution in [0.3, 0.4) is 0 Å². The van der Waals surface area contributed by atoms with Crippen LogP contribution in [0.4, 0.5) is 4.39 Å². The molecule has 80 valence electrons. The Hall–Kier alpha value is -1.34. The van der Waals surface area contributed by atoms with Crippen LogP contribution >= 0.6 is 10.7 Å². The van der Waals surface area contributed by atoms with Crippen molar-refractivity contribution < 1.29 is 17.2 Å². The lowest BCUT2D eigenvalue weighted by Gasteiger charge is -1.96. The zero-order valence-electron chi connectivity index (χ0n) is 6.95. The van der Waals surface area contributed by atoms with E-state index in [0.717, 1.165) is 12.1 Å². The maximum absolute atomic E-state index is 13.1. The molecule has 15 heavy (non-hydrogen) atoms. The van der Waals surface area contributed by atoms with Crippen molar-refractivity contribution in [3.63, 3.8) is 0 Å². The van der Waals surface area contributed by atoms with Crippen molar-refractivity contribution in [2.24, 2.45) is 0 Å². The van der Waals surface area contributed by atoms with Gasteiger partial charge in [-0.05, 0) is 12.1 Å². The van der Waals surface area contributed by atoms with Gasteiger partial charge < -0.3 is 4.42 Å². The second kappa shape index (κ2) is 3.07. The van der Waals surface area contributed by atoms with Gasteiger partial charge in [0, 0.05) is 10.7 Å². The van der Waals surface area contributed by atoms with E-state index in [1.165, 1.54) is 0 Å². The van der Waals surface area contributed by atoms with Crippen molar-refractivity contribution in [3.8, 4) is 0 Å². The molecule has 0 aliphatic heterocycles. The Labute approximate surface area is 86.9 Å². The summed E-state index contributed by atoms with van der Waals surface area (Å²) >= 11 is 0. The summed E-state index contributed by atoms with van der Waals surface area (Å²) in [7, 11) is 1.03. The molecule has 0 aliphatic carbocycles. The van der Waals surface area contributed by atoms with E-state index in [4.69, 9.17) is 10.7 Å². The van der Waals surface area contributed by atoms with E-state index in [9.17, 15) is 17.6 Å². The molecule has 0 amide bonds. The number of nitrogens with one attached hydrogen (secondary N) is 1. The number of hydrogen-bond donors (Lipinski definition) is 1. The lowest BCUT2D eigenvalue weighted by Crippen LogP contribution is -1.96. The van der Waals surface area contributed by atoms with Gasteiger partial charge in [0.15, 0.2) is 11.4 Å². The number of halogens is 2. The Morgan fingerprint density at radius 1 is 1.40 bits per heavy atom. The van der Waals surface area contributed by atoms with Crippen LogP contribution in [0.1, 0.15) is 0 Å². The number of fused-ring (bicyclic) bond motifs is 1. The molecular formula is C7H3ClFNO4S. The van der Waals surface area contributed by atoms with Gasteiger partial charge in [0.05, 0.1) is 0 Å². The van der Waals surface area contributed by atoms with E-state index in [-0.39, 0.29) is 5.52 Å². The van der Waals surface area contributed by atoms with Crippen molar-refractivity contribution in [3.05, 3.63) is 28.5 Å². The third kappa shape index (κ3) is 1.64. The molecule has 0 atom stereocenters. The predicted octanol–water partition coefficient (Wildman–Crippen LogP) is 1.19. The Morgan fingerprint density at radius 2 is 2.07 bits per heavy atom. The van der Waals surface area contributed by atoms with Crippen LogP contribution in [0.5, 0.6) is 0 Å². The first-order valence-corrected chi connectivity index (χ1v) is 5.96. The quantitative estimate of drug-likeness (QED) is 0.772. The van der Waals surface area contributed by atoms with E-state index in [0.29, 0.717) is 0 Å². The van der Waals surface area contributed by atoms with Crippen LogP contribution in [0.15, 0.2) is 26.2 Å². The second-order valence-electron chi connectivity index (χ2n) is 2.70. The molecule has 0 unspecified atom stereocenters. The fourth-order valence-corrected chi connectivity index (χ4v) is 2.18. The number of hydrogen-bond acceptors (Lipinski definition) is 4. The maximum atomic E-state index is 13.1. The van der Waals surface area contributed by atoms with Gasteiger partial charge >= 0.3 is 5.76 Å². The SMILES string of the molecule is O=c1[nH]c2c(S(=O)(=O)Cl)ccc(F)c2o1. The van der Waals surface area contributed by atoms with Gasteiger partial charge in [0.1, 0.15) is 10.4 Å². The van der Waals surface area contributed by atoms with Crippen LogP contribution in [-0.4, -0.2) is 13.4 Å². The normalized spacial score (nSPS) is 12.1. The lowest BCUT2D eigenvalue weighted by molar-refractivity contribution is 0.523. The van der Waals surface area contributed by atoms with E-state index in [1.807, 2.05) is 4.98 Å². The first kappa shape index (κ1) is 10.2. The highest BCUT2D eigenvalue weighted by molar-refractivity contribution is 8.14. The molecule has 0 aliphatic rings. The molecule has 1 aromatic carbocycles. The molecule has 2 aromatic rings. The average molecular weight is 252 g/mol. The highest BCUT2D eigenvalue weighted by Crippen LogP contribution is 2.25. The Bertz CT molecular complexity index is 687. The Balaban J connectivity index is 3.02. The topological polar surface area (TPSA) is 80.1 Å². The summed E-state index contributed by atoms with van der Waals surface area (Å²) in [5, 5.41) is 0. The minimum atomic E-state index is -4.06. The summed E-state index contributed by atoms with van der Waals surface area (Å²) in [5.74, 6) is -1.79. The fraction of sp³-hybridized carbons (Fsp3) is 0. The third-order valence-electron chi connectivity index (χ3n) is 1.76. The van der Waals surface area contributed by atoms with E-state index in [1.54, 1.807) is 0 Å². The molecule has 1 N–H and O–H groups in total.